The summed E-state index contributed by atoms with van der Waals surface area (Å²) in [5.74, 6) is 0.0153. The third kappa shape index (κ3) is 5.72. The lowest BCUT2D eigenvalue weighted by atomic mass is 10.2. The second kappa shape index (κ2) is 10.6. The van der Waals surface area contributed by atoms with E-state index in [4.69, 9.17) is 21.2 Å². The van der Waals surface area contributed by atoms with Crippen LogP contribution in [0.5, 0.6) is 5.75 Å². The predicted molar refractivity (Wildman–Crippen MR) is 113 cm³/mol. The van der Waals surface area contributed by atoms with Crippen molar-refractivity contribution in [1.29, 1.82) is 0 Å². The van der Waals surface area contributed by atoms with Gasteiger partial charge in [0, 0.05) is 19.8 Å². The quantitative estimate of drug-likeness (QED) is 0.319. The monoisotopic (exact) mass is 454 g/mol. The fourth-order valence-corrected chi connectivity index (χ4v) is 3.65. The van der Waals surface area contributed by atoms with Gasteiger partial charge in [0.05, 0.1) is 22.8 Å². The highest BCUT2D eigenvalue weighted by Crippen LogP contribution is 2.29. The van der Waals surface area contributed by atoms with Gasteiger partial charge < -0.3 is 14.5 Å². The number of ether oxygens (including phenoxy) is 1. The van der Waals surface area contributed by atoms with Crippen LogP contribution in [-0.4, -0.2) is 52.6 Å². The first kappa shape index (κ1) is 23.0. The summed E-state index contributed by atoms with van der Waals surface area (Å²) in [7, 11) is 1.51. The van der Waals surface area contributed by atoms with Crippen LogP contribution in [0, 0.1) is 0 Å². The number of benzene rings is 1. The molecular weight excluding hydrogens is 430 g/mol. The predicted octanol–water partition coefficient (Wildman–Crippen LogP) is 4.46. The molecule has 0 N–H and O–H groups in total. The summed E-state index contributed by atoms with van der Waals surface area (Å²) in [6, 6.07) is 4.98. The zero-order valence-electron chi connectivity index (χ0n) is 17.4. The maximum atomic E-state index is 13.2. The number of aryl methyl sites for hydroxylation is 1. The van der Waals surface area contributed by atoms with Crippen LogP contribution in [0.25, 0.3) is 0 Å². The molecule has 31 heavy (non-hydrogen) atoms. The molecule has 1 aliphatic heterocycles. The molecule has 3 rings (SSSR count). The van der Waals surface area contributed by atoms with Gasteiger partial charge in [-0.05, 0) is 43.0 Å². The van der Waals surface area contributed by atoms with Crippen LogP contribution in [0.2, 0.25) is 5.02 Å². The average Bonchev–Trinajstić information content (AvgIpc) is 3.36. The van der Waals surface area contributed by atoms with Crippen molar-refractivity contribution in [3.05, 3.63) is 46.2 Å². The van der Waals surface area contributed by atoms with Gasteiger partial charge in [-0.15, -0.1) is 0 Å². The maximum Gasteiger partial charge on any atom is 0.282 e. The second-order valence-electron chi connectivity index (χ2n) is 7.27. The van der Waals surface area contributed by atoms with E-state index in [-0.39, 0.29) is 18.2 Å². The van der Waals surface area contributed by atoms with Crippen molar-refractivity contribution >= 4 is 23.7 Å². The van der Waals surface area contributed by atoms with Crippen LogP contribution in [-0.2, 0) is 11.9 Å². The Labute approximate surface area is 184 Å². The van der Waals surface area contributed by atoms with Crippen molar-refractivity contribution in [2.75, 3.05) is 19.8 Å². The molecule has 168 valence electrons. The van der Waals surface area contributed by atoms with Crippen LogP contribution in [0.3, 0.4) is 0 Å². The third-order valence-corrected chi connectivity index (χ3v) is 5.19. The van der Waals surface area contributed by atoms with E-state index in [1.54, 1.807) is 29.3 Å². The maximum absolute atomic E-state index is 13.2. The number of alkyl halides is 2. The van der Waals surface area contributed by atoms with E-state index >= 15 is 0 Å². The molecule has 1 amide bonds. The van der Waals surface area contributed by atoms with Crippen LogP contribution >= 0.6 is 11.6 Å². The highest BCUT2D eigenvalue weighted by molar-refractivity contribution is 6.32. The number of carbonyl (C=O) groups is 1. The lowest BCUT2D eigenvalue weighted by molar-refractivity contribution is 0.0680. The fourth-order valence-electron chi connectivity index (χ4n) is 3.41. The van der Waals surface area contributed by atoms with Crippen LogP contribution in [0.15, 0.2) is 29.6 Å². The molecule has 1 atom stereocenters. The highest BCUT2D eigenvalue weighted by Gasteiger charge is 2.33. The molecular formula is C21H25ClF2N4O3. The number of nitrogens with zero attached hydrogens (tertiary/aromatic N) is 4. The minimum absolute atomic E-state index is 0.0728. The summed E-state index contributed by atoms with van der Waals surface area (Å²) < 4.78 is 33.6. The van der Waals surface area contributed by atoms with E-state index < -0.39 is 18.0 Å². The van der Waals surface area contributed by atoms with E-state index in [2.05, 4.69) is 10.3 Å². The highest BCUT2D eigenvalue weighted by atomic mass is 35.5. The fraction of sp³-hybridized carbons (Fsp3) is 0.476. The number of aromatic nitrogens is 2. The molecule has 1 fully saturated rings. The Hall–Kier alpha value is -2.68. The number of hydrogen-bond donors (Lipinski definition) is 0. The lowest BCUT2D eigenvalue weighted by Gasteiger charge is -2.25. The number of amides is 1. The van der Waals surface area contributed by atoms with Crippen molar-refractivity contribution in [2.45, 2.75) is 38.7 Å². The van der Waals surface area contributed by atoms with Crippen molar-refractivity contribution in [3.8, 4) is 5.75 Å². The van der Waals surface area contributed by atoms with Crippen molar-refractivity contribution in [3.63, 3.8) is 0 Å². The zero-order valence-corrected chi connectivity index (χ0v) is 18.2. The molecule has 1 aromatic carbocycles. The number of likely N-dealkylation sites (tertiary alicyclic amines) is 1. The molecule has 0 bridgehead atoms. The molecule has 10 heteroatoms. The first-order valence-corrected chi connectivity index (χ1v) is 10.5. The van der Waals surface area contributed by atoms with E-state index in [0.717, 1.165) is 18.4 Å². The number of rotatable bonds is 9. The average molecular weight is 455 g/mol. The van der Waals surface area contributed by atoms with Gasteiger partial charge in [0.1, 0.15) is 24.7 Å². The minimum atomic E-state index is -2.81. The van der Waals surface area contributed by atoms with Gasteiger partial charge >= 0.3 is 0 Å². The summed E-state index contributed by atoms with van der Waals surface area (Å²) >= 11 is 6.31. The van der Waals surface area contributed by atoms with E-state index in [1.807, 2.05) is 6.92 Å². The normalized spacial score (nSPS) is 16.5. The Morgan fingerprint density at radius 1 is 1.45 bits per heavy atom. The van der Waals surface area contributed by atoms with Gasteiger partial charge in [-0.1, -0.05) is 23.7 Å². The summed E-state index contributed by atoms with van der Waals surface area (Å²) in [5, 5.41) is 7.99. The van der Waals surface area contributed by atoms with Gasteiger partial charge in [-0.25, -0.2) is 8.78 Å². The van der Waals surface area contributed by atoms with Crippen molar-refractivity contribution in [2.24, 2.45) is 12.2 Å². The molecule has 0 aliphatic carbocycles. The number of carbonyl (C=O) groups excluding carboxylic acids is 1. The molecule has 1 saturated heterocycles. The molecule has 7 nitrogen and oxygen atoms in total. The molecule has 1 unspecified atom stereocenters. The van der Waals surface area contributed by atoms with Gasteiger partial charge in [-0.3, -0.25) is 9.48 Å². The summed E-state index contributed by atoms with van der Waals surface area (Å²) in [5.41, 5.74) is 0.195. The number of hydrogen-bond acceptors (Lipinski definition) is 5. The van der Waals surface area contributed by atoms with Gasteiger partial charge in [-0.2, -0.15) is 5.10 Å². The number of halogens is 3. The van der Waals surface area contributed by atoms with E-state index in [9.17, 15) is 13.6 Å². The van der Waals surface area contributed by atoms with Crippen LogP contribution in [0.1, 0.15) is 54.2 Å². The molecule has 2 heterocycles. The molecule has 1 aromatic heterocycles. The molecule has 0 saturated carbocycles. The van der Waals surface area contributed by atoms with Crippen LogP contribution in [0.4, 0.5) is 8.78 Å². The Morgan fingerprint density at radius 2 is 2.26 bits per heavy atom. The Balaban J connectivity index is 1.64. The van der Waals surface area contributed by atoms with Crippen molar-refractivity contribution < 1.29 is 23.1 Å². The molecule has 0 spiro atoms. The first-order valence-electron chi connectivity index (χ1n) is 10.1. The molecule has 2 aromatic rings. The van der Waals surface area contributed by atoms with E-state index in [0.29, 0.717) is 30.3 Å². The Kier molecular flexibility index (Phi) is 7.84. The topological polar surface area (TPSA) is 69.0 Å². The van der Waals surface area contributed by atoms with Gasteiger partial charge in [0.2, 0.25) is 0 Å². The standard InChI is InChI=1S/C21H25ClF2N4O3/c1-3-9-31-25-11-14-6-7-18(17(22)10-14)30-13-15-5-4-8-28(15)21(29)16-12-27(2)26-19(16)20(23)24/h6-7,10-12,15,20H,3-5,8-9,13H2,1-2H3/b25-11+. The summed E-state index contributed by atoms with van der Waals surface area (Å²) in [6.07, 6.45) is 2.44. The zero-order chi connectivity index (χ0) is 22.4. The van der Waals surface area contributed by atoms with E-state index in [1.165, 1.54) is 17.9 Å². The summed E-state index contributed by atoms with van der Waals surface area (Å²) in [4.78, 5) is 19.5. The Bertz CT molecular complexity index is 935. The van der Waals surface area contributed by atoms with Crippen LogP contribution < -0.4 is 4.74 Å². The molecule has 0 radical (unpaired) electrons. The lowest BCUT2D eigenvalue weighted by Crippen LogP contribution is -2.39. The third-order valence-electron chi connectivity index (χ3n) is 4.89. The second-order valence-corrected chi connectivity index (χ2v) is 7.67. The Morgan fingerprint density at radius 3 is 2.97 bits per heavy atom. The minimum Gasteiger partial charge on any atom is -0.490 e. The van der Waals surface area contributed by atoms with Gasteiger partial charge in [0.25, 0.3) is 12.3 Å². The molecule has 1 aliphatic rings. The number of oxime groups is 1. The SMILES string of the molecule is CCCO/N=C/c1ccc(OCC2CCCN2C(=O)c2cn(C)nc2C(F)F)c(Cl)c1. The largest absolute Gasteiger partial charge is 0.490 e. The summed E-state index contributed by atoms with van der Waals surface area (Å²) in [6.45, 7) is 3.22. The first-order chi connectivity index (χ1) is 14.9. The van der Waals surface area contributed by atoms with Crippen molar-refractivity contribution in [1.82, 2.24) is 14.7 Å². The van der Waals surface area contributed by atoms with Gasteiger partial charge in [0.15, 0.2) is 0 Å². The smallest absolute Gasteiger partial charge is 0.282 e.